The molecule has 1 atom stereocenters. The molecule has 0 bridgehead atoms. The standard InChI is InChI=1S/C22H25NO5/c1-14(28-20(26)17-7-5-15(13-24)6-8-17)19(25)16-9-11-18(12-10-16)23-21(27)22(2,3)4/h5-12,14,24H,13H2,1-4H3,(H,23,27)/t14-/m0/s1. The number of nitrogens with one attached hydrogen (secondary N) is 1. The van der Waals surface area contributed by atoms with Gasteiger partial charge in [-0.25, -0.2) is 4.79 Å². The number of hydrogen-bond donors (Lipinski definition) is 2. The predicted octanol–water partition coefficient (Wildman–Crippen LogP) is 3.59. The van der Waals surface area contributed by atoms with Gasteiger partial charge >= 0.3 is 5.97 Å². The SMILES string of the molecule is C[C@H](OC(=O)c1ccc(CO)cc1)C(=O)c1ccc(NC(=O)C(C)(C)C)cc1. The second-order valence-electron chi connectivity index (χ2n) is 7.55. The molecule has 0 unspecified atom stereocenters. The largest absolute Gasteiger partial charge is 0.451 e. The maximum atomic E-state index is 12.5. The third kappa shape index (κ3) is 5.50. The van der Waals surface area contributed by atoms with Gasteiger partial charge in [-0.15, -0.1) is 0 Å². The highest BCUT2D eigenvalue weighted by Crippen LogP contribution is 2.18. The summed E-state index contributed by atoms with van der Waals surface area (Å²) < 4.78 is 5.24. The Morgan fingerprint density at radius 2 is 1.50 bits per heavy atom. The fraction of sp³-hybridized carbons (Fsp3) is 0.318. The van der Waals surface area contributed by atoms with Gasteiger partial charge in [0, 0.05) is 16.7 Å². The van der Waals surface area contributed by atoms with Crippen LogP contribution in [0.4, 0.5) is 5.69 Å². The molecule has 0 fully saturated rings. The molecular weight excluding hydrogens is 358 g/mol. The normalized spacial score (nSPS) is 12.2. The summed E-state index contributed by atoms with van der Waals surface area (Å²) in [7, 11) is 0. The number of carbonyl (C=O) groups excluding carboxylic acids is 3. The van der Waals surface area contributed by atoms with Crippen LogP contribution in [0.25, 0.3) is 0 Å². The van der Waals surface area contributed by atoms with E-state index in [-0.39, 0.29) is 18.3 Å². The average Bonchev–Trinajstić information content (AvgIpc) is 2.67. The molecule has 0 saturated carbocycles. The second-order valence-corrected chi connectivity index (χ2v) is 7.55. The molecule has 2 aromatic rings. The zero-order valence-corrected chi connectivity index (χ0v) is 16.5. The van der Waals surface area contributed by atoms with Crippen molar-refractivity contribution in [1.29, 1.82) is 0 Å². The Morgan fingerprint density at radius 1 is 0.964 bits per heavy atom. The van der Waals surface area contributed by atoms with Gasteiger partial charge in [0.05, 0.1) is 12.2 Å². The van der Waals surface area contributed by atoms with Gasteiger partial charge < -0.3 is 15.2 Å². The highest BCUT2D eigenvalue weighted by molar-refractivity contribution is 6.02. The maximum Gasteiger partial charge on any atom is 0.338 e. The van der Waals surface area contributed by atoms with Gasteiger partial charge in [-0.2, -0.15) is 0 Å². The predicted molar refractivity (Wildman–Crippen MR) is 106 cm³/mol. The van der Waals surface area contributed by atoms with Gasteiger partial charge in [-0.05, 0) is 48.9 Å². The van der Waals surface area contributed by atoms with E-state index in [2.05, 4.69) is 5.32 Å². The summed E-state index contributed by atoms with van der Waals surface area (Å²) in [4.78, 5) is 36.7. The number of esters is 1. The molecule has 0 aliphatic rings. The summed E-state index contributed by atoms with van der Waals surface area (Å²) >= 11 is 0. The third-order valence-electron chi connectivity index (χ3n) is 4.13. The molecule has 0 spiro atoms. The van der Waals surface area contributed by atoms with Crippen LogP contribution in [0, 0.1) is 5.41 Å². The monoisotopic (exact) mass is 383 g/mol. The molecule has 6 heteroatoms. The van der Waals surface area contributed by atoms with Gasteiger partial charge in [0.15, 0.2) is 6.10 Å². The molecule has 0 aromatic heterocycles. The summed E-state index contributed by atoms with van der Waals surface area (Å²) in [5.41, 5.74) is 1.43. The van der Waals surface area contributed by atoms with Crippen molar-refractivity contribution in [3.63, 3.8) is 0 Å². The van der Waals surface area contributed by atoms with Crippen molar-refractivity contribution < 1.29 is 24.2 Å². The fourth-order valence-electron chi connectivity index (χ4n) is 2.30. The number of ketones is 1. The van der Waals surface area contributed by atoms with Gasteiger partial charge in [0.25, 0.3) is 0 Å². The van der Waals surface area contributed by atoms with E-state index >= 15 is 0 Å². The Hall–Kier alpha value is -2.99. The zero-order valence-electron chi connectivity index (χ0n) is 16.5. The molecule has 6 nitrogen and oxygen atoms in total. The summed E-state index contributed by atoms with van der Waals surface area (Å²) in [6, 6.07) is 12.8. The zero-order chi connectivity index (χ0) is 20.9. The third-order valence-corrected chi connectivity index (χ3v) is 4.13. The Morgan fingerprint density at radius 3 is 2.00 bits per heavy atom. The number of anilines is 1. The Labute approximate surface area is 164 Å². The quantitative estimate of drug-likeness (QED) is 0.587. The van der Waals surface area contributed by atoms with Crippen molar-refractivity contribution in [1.82, 2.24) is 0 Å². The lowest BCUT2D eigenvalue weighted by Gasteiger charge is -2.18. The molecule has 0 aliphatic carbocycles. The average molecular weight is 383 g/mol. The number of carbonyl (C=O) groups is 3. The number of aliphatic hydroxyl groups excluding tert-OH is 1. The fourth-order valence-corrected chi connectivity index (χ4v) is 2.30. The van der Waals surface area contributed by atoms with Crippen LogP contribution in [0.2, 0.25) is 0 Å². The number of rotatable bonds is 6. The van der Waals surface area contributed by atoms with Crippen molar-refractivity contribution in [3.8, 4) is 0 Å². The van der Waals surface area contributed by atoms with E-state index in [1.807, 2.05) is 20.8 Å². The number of hydrogen-bond acceptors (Lipinski definition) is 5. The van der Waals surface area contributed by atoms with Gasteiger partial charge in [-0.1, -0.05) is 32.9 Å². The maximum absolute atomic E-state index is 12.5. The molecule has 2 rings (SSSR count). The summed E-state index contributed by atoms with van der Waals surface area (Å²) in [5.74, 6) is -1.07. The first kappa shape index (κ1) is 21.3. The summed E-state index contributed by atoms with van der Waals surface area (Å²) in [6.07, 6.45) is -0.958. The first-order valence-electron chi connectivity index (χ1n) is 8.98. The van der Waals surface area contributed by atoms with Crippen LogP contribution in [0.3, 0.4) is 0 Å². The first-order valence-corrected chi connectivity index (χ1v) is 8.98. The minimum Gasteiger partial charge on any atom is -0.451 e. The number of ether oxygens (including phenoxy) is 1. The summed E-state index contributed by atoms with van der Waals surface area (Å²) in [5, 5.41) is 11.8. The van der Waals surface area contributed by atoms with Crippen molar-refractivity contribution in [3.05, 3.63) is 65.2 Å². The molecule has 148 valence electrons. The number of benzene rings is 2. The molecule has 0 heterocycles. The van der Waals surface area contributed by atoms with E-state index in [1.54, 1.807) is 36.4 Å². The van der Waals surface area contributed by atoms with Crippen LogP contribution in [0.15, 0.2) is 48.5 Å². The van der Waals surface area contributed by atoms with Crippen LogP contribution in [-0.4, -0.2) is 28.9 Å². The van der Waals surface area contributed by atoms with Crippen molar-refractivity contribution in [2.75, 3.05) is 5.32 Å². The highest BCUT2D eigenvalue weighted by atomic mass is 16.5. The molecule has 1 amide bonds. The topological polar surface area (TPSA) is 92.7 Å². The number of aliphatic hydroxyl groups is 1. The van der Waals surface area contributed by atoms with Gasteiger partial charge in [0.2, 0.25) is 11.7 Å². The molecule has 0 saturated heterocycles. The molecule has 2 aromatic carbocycles. The molecule has 0 aliphatic heterocycles. The number of Topliss-reactive ketones (excluding diaryl/α,β-unsaturated/α-hetero) is 1. The highest BCUT2D eigenvalue weighted by Gasteiger charge is 2.22. The van der Waals surface area contributed by atoms with Crippen molar-refractivity contribution in [2.24, 2.45) is 5.41 Å². The van der Waals surface area contributed by atoms with E-state index < -0.39 is 17.5 Å². The Balaban J connectivity index is 2.00. The van der Waals surface area contributed by atoms with Gasteiger partial charge in [0.1, 0.15) is 0 Å². The van der Waals surface area contributed by atoms with Crippen LogP contribution in [0.5, 0.6) is 0 Å². The molecule has 2 N–H and O–H groups in total. The molecule has 28 heavy (non-hydrogen) atoms. The lowest BCUT2D eigenvalue weighted by Crippen LogP contribution is -2.27. The van der Waals surface area contributed by atoms with E-state index in [9.17, 15) is 14.4 Å². The van der Waals surface area contributed by atoms with Crippen LogP contribution >= 0.6 is 0 Å². The smallest absolute Gasteiger partial charge is 0.338 e. The Bertz CT molecular complexity index is 848. The minimum atomic E-state index is -0.958. The van der Waals surface area contributed by atoms with Crippen LogP contribution < -0.4 is 5.32 Å². The van der Waals surface area contributed by atoms with Crippen molar-refractivity contribution >= 4 is 23.3 Å². The second kappa shape index (κ2) is 8.80. The van der Waals surface area contributed by atoms with Crippen molar-refractivity contribution in [2.45, 2.75) is 40.4 Å². The lowest BCUT2D eigenvalue weighted by molar-refractivity contribution is -0.123. The van der Waals surface area contributed by atoms with E-state index in [4.69, 9.17) is 9.84 Å². The Kier molecular flexibility index (Phi) is 6.70. The molecule has 0 radical (unpaired) electrons. The van der Waals surface area contributed by atoms with E-state index in [0.29, 0.717) is 22.4 Å². The van der Waals surface area contributed by atoms with E-state index in [0.717, 1.165) is 0 Å². The summed E-state index contributed by atoms with van der Waals surface area (Å²) in [6.45, 7) is 6.84. The number of amides is 1. The van der Waals surface area contributed by atoms with E-state index in [1.165, 1.54) is 19.1 Å². The minimum absolute atomic E-state index is 0.115. The van der Waals surface area contributed by atoms with Crippen LogP contribution in [-0.2, 0) is 16.1 Å². The first-order chi connectivity index (χ1) is 13.1. The lowest BCUT2D eigenvalue weighted by atomic mass is 9.95. The molecular formula is C22H25NO5. The van der Waals surface area contributed by atoms with Crippen LogP contribution in [0.1, 0.15) is 54.0 Å². The van der Waals surface area contributed by atoms with Gasteiger partial charge in [-0.3, -0.25) is 9.59 Å².